The molecule has 0 aliphatic carbocycles. The van der Waals surface area contributed by atoms with Gasteiger partial charge >= 0.3 is 0 Å². The highest BCUT2D eigenvalue weighted by Gasteiger charge is 2.26. The van der Waals surface area contributed by atoms with Crippen molar-refractivity contribution in [2.45, 2.75) is 25.4 Å². The zero-order valence-electron chi connectivity index (χ0n) is 11.5. The topological polar surface area (TPSA) is 32.5 Å². The lowest BCUT2D eigenvalue weighted by molar-refractivity contribution is 0.0875. The molecule has 1 aromatic carbocycles. The van der Waals surface area contributed by atoms with Crippen LogP contribution in [0.3, 0.4) is 0 Å². The summed E-state index contributed by atoms with van der Waals surface area (Å²) in [7, 11) is 2.21. The average molecular weight is 247 g/mol. The first kappa shape index (κ1) is 13.5. The van der Waals surface area contributed by atoms with E-state index in [2.05, 4.69) is 54.1 Å². The fourth-order valence-corrected chi connectivity index (χ4v) is 2.59. The van der Waals surface area contributed by atoms with Crippen LogP contribution in [0.2, 0.25) is 0 Å². The maximum atomic E-state index is 5.88. The highest BCUT2D eigenvalue weighted by molar-refractivity contribution is 5.20. The number of benzene rings is 1. The Morgan fingerprint density at radius 3 is 2.67 bits per heavy atom. The first-order valence-electron chi connectivity index (χ1n) is 6.90. The van der Waals surface area contributed by atoms with Crippen LogP contribution in [0.4, 0.5) is 0 Å². The molecule has 1 aliphatic heterocycles. The summed E-state index contributed by atoms with van der Waals surface area (Å²) < 4.78 is 0. The first-order chi connectivity index (χ1) is 8.66. The zero-order valence-corrected chi connectivity index (χ0v) is 11.5. The van der Waals surface area contributed by atoms with Gasteiger partial charge in [-0.3, -0.25) is 4.90 Å². The Morgan fingerprint density at radius 2 is 2.00 bits per heavy atom. The molecular weight excluding hydrogens is 222 g/mol. The number of likely N-dealkylation sites (N-methyl/N-ethyl adjacent to an activating group) is 1. The molecule has 1 aliphatic rings. The van der Waals surface area contributed by atoms with Crippen molar-refractivity contribution in [2.24, 2.45) is 5.73 Å². The van der Waals surface area contributed by atoms with Gasteiger partial charge in [0.15, 0.2) is 0 Å². The lowest BCUT2D eigenvalue weighted by Gasteiger charge is -2.40. The summed E-state index contributed by atoms with van der Waals surface area (Å²) in [5.74, 6) is 0. The predicted octanol–water partition coefficient (Wildman–Crippen LogP) is 1.71. The number of rotatable bonds is 4. The maximum Gasteiger partial charge on any atom is 0.0475 e. The molecule has 0 amide bonds. The van der Waals surface area contributed by atoms with Crippen molar-refractivity contribution in [3.05, 3.63) is 35.9 Å². The lowest BCUT2D eigenvalue weighted by Crippen LogP contribution is -2.47. The van der Waals surface area contributed by atoms with E-state index in [1.165, 1.54) is 5.56 Å². The monoisotopic (exact) mass is 247 g/mol. The Labute approximate surface area is 111 Å². The van der Waals surface area contributed by atoms with Crippen molar-refractivity contribution in [1.29, 1.82) is 0 Å². The number of hydrogen-bond donors (Lipinski definition) is 1. The molecule has 3 heteroatoms. The third-order valence-electron chi connectivity index (χ3n) is 3.75. The van der Waals surface area contributed by atoms with Crippen LogP contribution in [0.25, 0.3) is 0 Å². The smallest absolute Gasteiger partial charge is 0.0475 e. The molecule has 2 unspecified atom stereocenters. The van der Waals surface area contributed by atoms with Gasteiger partial charge < -0.3 is 10.6 Å². The fraction of sp³-hybridized carbons (Fsp3) is 0.600. The van der Waals surface area contributed by atoms with Crippen LogP contribution >= 0.6 is 0 Å². The van der Waals surface area contributed by atoms with Crippen molar-refractivity contribution < 1.29 is 0 Å². The Kier molecular flexibility index (Phi) is 4.75. The minimum Gasteiger partial charge on any atom is -0.328 e. The predicted molar refractivity (Wildman–Crippen MR) is 76.5 cm³/mol. The van der Waals surface area contributed by atoms with E-state index in [1.54, 1.807) is 0 Å². The molecule has 18 heavy (non-hydrogen) atoms. The number of nitrogens with two attached hydrogens (primary N) is 1. The van der Waals surface area contributed by atoms with Crippen LogP contribution in [0, 0.1) is 0 Å². The van der Waals surface area contributed by atoms with Gasteiger partial charge in [-0.25, -0.2) is 0 Å². The summed E-state index contributed by atoms with van der Waals surface area (Å²) in [6, 6.07) is 11.6. The van der Waals surface area contributed by atoms with Crippen LogP contribution in [-0.4, -0.2) is 49.1 Å². The normalized spacial score (nSPS) is 24.1. The second kappa shape index (κ2) is 6.32. The molecule has 2 rings (SSSR count). The van der Waals surface area contributed by atoms with Crippen molar-refractivity contribution in [1.82, 2.24) is 9.80 Å². The number of nitrogens with zero attached hydrogens (tertiary/aromatic N) is 2. The Bertz CT molecular complexity index is 350. The summed E-state index contributed by atoms with van der Waals surface area (Å²) in [6.07, 6.45) is 1.08. The van der Waals surface area contributed by atoms with E-state index in [0.717, 1.165) is 32.6 Å². The van der Waals surface area contributed by atoms with Gasteiger partial charge in [-0.1, -0.05) is 30.3 Å². The first-order valence-corrected chi connectivity index (χ1v) is 6.90. The van der Waals surface area contributed by atoms with Crippen LogP contribution in [0.1, 0.15) is 24.9 Å². The molecule has 1 aromatic rings. The standard InChI is InChI=1S/C15H25N3/c1-13(16)8-9-18-11-10-17(2)12-15(18)14-6-4-3-5-7-14/h3-7,13,15H,8-12,16H2,1-2H3. The molecule has 1 saturated heterocycles. The Balaban J connectivity index is 2.06. The van der Waals surface area contributed by atoms with E-state index in [0.29, 0.717) is 12.1 Å². The summed E-state index contributed by atoms with van der Waals surface area (Å²) >= 11 is 0. The SMILES string of the molecule is CC(N)CCN1CCN(C)CC1c1ccccc1. The summed E-state index contributed by atoms with van der Waals surface area (Å²) in [4.78, 5) is 5.00. The van der Waals surface area contributed by atoms with E-state index in [9.17, 15) is 0 Å². The molecule has 100 valence electrons. The molecule has 2 N–H and O–H groups in total. The van der Waals surface area contributed by atoms with Crippen LogP contribution < -0.4 is 5.73 Å². The van der Waals surface area contributed by atoms with Crippen LogP contribution in [0.15, 0.2) is 30.3 Å². The highest BCUT2D eigenvalue weighted by Crippen LogP contribution is 2.24. The van der Waals surface area contributed by atoms with Crippen molar-refractivity contribution in [3.8, 4) is 0 Å². The molecular formula is C15H25N3. The van der Waals surface area contributed by atoms with Gasteiger partial charge in [-0.15, -0.1) is 0 Å². The maximum absolute atomic E-state index is 5.88. The van der Waals surface area contributed by atoms with Crippen molar-refractivity contribution in [2.75, 3.05) is 33.2 Å². The zero-order chi connectivity index (χ0) is 13.0. The van der Waals surface area contributed by atoms with Crippen molar-refractivity contribution >= 4 is 0 Å². The summed E-state index contributed by atoms with van der Waals surface area (Å²) in [6.45, 7) is 6.60. The third-order valence-corrected chi connectivity index (χ3v) is 3.75. The van der Waals surface area contributed by atoms with Gasteiger partial charge in [0.2, 0.25) is 0 Å². The van der Waals surface area contributed by atoms with Gasteiger partial charge in [-0.05, 0) is 26.0 Å². The fourth-order valence-electron chi connectivity index (χ4n) is 2.59. The summed E-state index contributed by atoms with van der Waals surface area (Å²) in [5, 5.41) is 0. The number of piperazine rings is 1. The number of hydrogen-bond acceptors (Lipinski definition) is 3. The van der Waals surface area contributed by atoms with E-state index in [1.807, 2.05) is 0 Å². The molecule has 0 saturated carbocycles. The molecule has 0 bridgehead atoms. The van der Waals surface area contributed by atoms with E-state index >= 15 is 0 Å². The highest BCUT2D eigenvalue weighted by atomic mass is 15.3. The Morgan fingerprint density at radius 1 is 1.28 bits per heavy atom. The van der Waals surface area contributed by atoms with Crippen LogP contribution in [0.5, 0.6) is 0 Å². The quantitative estimate of drug-likeness (QED) is 0.879. The van der Waals surface area contributed by atoms with E-state index in [4.69, 9.17) is 5.73 Å². The molecule has 0 radical (unpaired) electrons. The third kappa shape index (κ3) is 3.55. The van der Waals surface area contributed by atoms with Gasteiger partial charge in [0.1, 0.15) is 0 Å². The molecule has 0 spiro atoms. The molecule has 0 aromatic heterocycles. The minimum absolute atomic E-state index is 0.293. The minimum atomic E-state index is 0.293. The van der Waals surface area contributed by atoms with Gasteiger partial charge in [0.05, 0.1) is 0 Å². The average Bonchev–Trinajstić information content (AvgIpc) is 2.38. The largest absolute Gasteiger partial charge is 0.328 e. The molecule has 3 nitrogen and oxygen atoms in total. The molecule has 1 heterocycles. The lowest BCUT2D eigenvalue weighted by atomic mass is 10.0. The molecule has 2 atom stereocenters. The van der Waals surface area contributed by atoms with E-state index in [-0.39, 0.29) is 0 Å². The van der Waals surface area contributed by atoms with Crippen LogP contribution in [-0.2, 0) is 0 Å². The van der Waals surface area contributed by atoms with E-state index < -0.39 is 0 Å². The summed E-state index contributed by atoms with van der Waals surface area (Å²) in [5.41, 5.74) is 7.31. The van der Waals surface area contributed by atoms with Gasteiger partial charge in [0, 0.05) is 38.3 Å². The second-order valence-electron chi connectivity index (χ2n) is 5.49. The van der Waals surface area contributed by atoms with Gasteiger partial charge in [0.25, 0.3) is 0 Å². The second-order valence-corrected chi connectivity index (χ2v) is 5.49. The Hall–Kier alpha value is -0.900. The van der Waals surface area contributed by atoms with Gasteiger partial charge in [-0.2, -0.15) is 0 Å². The molecule has 1 fully saturated rings. The van der Waals surface area contributed by atoms with Crippen molar-refractivity contribution in [3.63, 3.8) is 0 Å².